The third-order valence-electron chi connectivity index (χ3n) is 2.88. The number of hydrogen-bond acceptors (Lipinski definition) is 2. The summed E-state index contributed by atoms with van der Waals surface area (Å²) in [6.07, 6.45) is 1.72. The van der Waals surface area contributed by atoms with E-state index in [4.69, 9.17) is 0 Å². The molecule has 2 aromatic rings. The molecule has 0 unspecified atom stereocenters. The average molecular weight is 246 g/mol. The maximum atomic E-state index is 13.1. The Balaban J connectivity index is 2.13. The number of hydrogen-bond donors (Lipinski definition) is 1. The maximum absolute atomic E-state index is 13.1. The number of aromatic nitrogens is 1. The zero-order chi connectivity index (χ0) is 13.1. The van der Waals surface area contributed by atoms with E-state index in [1.54, 1.807) is 25.4 Å². The van der Waals surface area contributed by atoms with Crippen molar-refractivity contribution in [3.8, 4) is 0 Å². The predicted octanol–water partition coefficient (Wildman–Crippen LogP) is 2.44. The molecule has 0 aliphatic heterocycles. The molecule has 1 N–H and O–H groups in total. The molecule has 0 atom stereocenters. The van der Waals surface area contributed by atoms with Gasteiger partial charge in [-0.1, -0.05) is 6.07 Å². The first-order chi connectivity index (χ1) is 8.56. The van der Waals surface area contributed by atoms with Crippen molar-refractivity contribution in [2.24, 2.45) is 7.05 Å². The Morgan fingerprint density at radius 2 is 2.06 bits per heavy atom. The van der Waals surface area contributed by atoms with Gasteiger partial charge in [0.15, 0.2) is 0 Å². The molecule has 0 fully saturated rings. The zero-order valence-electron chi connectivity index (χ0n) is 10.4. The molecule has 2 rings (SSSR count). The van der Waals surface area contributed by atoms with Gasteiger partial charge in [-0.05, 0) is 36.2 Å². The Morgan fingerprint density at radius 3 is 2.78 bits per heavy atom. The van der Waals surface area contributed by atoms with Crippen LogP contribution in [0.3, 0.4) is 0 Å². The first kappa shape index (κ1) is 12.4. The fourth-order valence-electron chi connectivity index (χ4n) is 1.73. The number of rotatable bonds is 3. The maximum Gasteiger partial charge on any atom is 0.250 e. The number of anilines is 1. The lowest BCUT2D eigenvalue weighted by molar-refractivity contribution is 0.625. The van der Waals surface area contributed by atoms with Crippen molar-refractivity contribution in [2.75, 3.05) is 5.32 Å². The molecule has 0 aliphatic carbocycles. The lowest BCUT2D eigenvalue weighted by Gasteiger charge is -2.10. The highest BCUT2D eigenvalue weighted by Gasteiger charge is 2.01. The second kappa shape index (κ2) is 5.04. The number of nitrogens with one attached hydrogen (secondary N) is 1. The molecule has 3 nitrogen and oxygen atoms in total. The fraction of sp³-hybridized carbons (Fsp3) is 0.214. The van der Waals surface area contributed by atoms with E-state index in [9.17, 15) is 9.18 Å². The largest absolute Gasteiger partial charge is 0.380 e. The van der Waals surface area contributed by atoms with E-state index < -0.39 is 0 Å². The van der Waals surface area contributed by atoms with Crippen LogP contribution in [0, 0.1) is 12.7 Å². The van der Waals surface area contributed by atoms with Crippen molar-refractivity contribution in [1.82, 2.24) is 4.57 Å². The van der Waals surface area contributed by atoms with Crippen molar-refractivity contribution in [3.05, 3.63) is 63.8 Å². The highest BCUT2D eigenvalue weighted by atomic mass is 19.1. The number of halogens is 1. The van der Waals surface area contributed by atoms with Crippen LogP contribution >= 0.6 is 0 Å². The summed E-state index contributed by atoms with van der Waals surface area (Å²) in [7, 11) is 1.70. The van der Waals surface area contributed by atoms with Gasteiger partial charge in [0, 0.05) is 25.9 Å². The molecular formula is C14H15FN2O. The normalized spacial score (nSPS) is 10.4. The fourth-order valence-corrected chi connectivity index (χ4v) is 1.73. The van der Waals surface area contributed by atoms with Crippen LogP contribution in [0.2, 0.25) is 0 Å². The lowest BCUT2D eigenvalue weighted by atomic mass is 10.1. The quantitative estimate of drug-likeness (QED) is 0.902. The molecule has 0 bridgehead atoms. The van der Waals surface area contributed by atoms with E-state index in [1.165, 1.54) is 22.8 Å². The van der Waals surface area contributed by atoms with Crippen molar-refractivity contribution >= 4 is 5.69 Å². The highest BCUT2D eigenvalue weighted by molar-refractivity contribution is 5.42. The van der Waals surface area contributed by atoms with E-state index in [1.807, 2.05) is 6.92 Å². The van der Waals surface area contributed by atoms with Crippen LogP contribution < -0.4 is 10.9 Å². The second-order valence-electron chi connectivity index (χ2n) is 4.29. The average Bonchev–Trinajstić information content (AvgIpc) is 2.34. The van der Waals surface area contributed by atoms with Crippen LogP contribution in [0.1, 0.15) is 11.1 Å². The van der Waals surface area contributed by atoms with Gasteiger partial charge in [0.2, 0.25) is 5.56 Å². The number of nitrogens with zero attached hydrogens (tertiary/aromatic N) is 1. The van der Waals surface area contributed by atoms with Gasteiger partial charge >= 0.3 is 0 Å². The molecule has 18 heavy (non-hydrogen) atoms. The van der Waals surface area contributed by atoms with E-state index in [2.05, 4.69) is 5.32 Å². The monoisotopic (exact) mass is 246 g/mol. The van der Waals surface area contributed by atoms with Crippen molar-refractivity contribution in [3.63, 3.8) is 0 Å². The Kier molecular flexibility index (Phi) is 3.46. The minimum atomic E-state index is -0.238. The molecule has 0 radical (unpaired) electrons. The third kappa shape index (κ3) is 2.77. The molecule has 1 heterocycles. The standard InChI is InChI=1S/C14H15FN2O/c1-10-3-4-12(15)7-11(10)8-16-13-5-6-14(18)17(2)9-13/h3-7,9,16H,8H2,1-2H3. The van der Waals surface area contributed by atoms with Gasteiger partial charge in [0.1, 0.15) is 5.82 Å². The summed E-state index contributed by atoms with van der Waals surface area (Å²) in [6, 6.07) is 7.94. The summed E-state index contributed by atoms with van der Waals surface area (Å²) in [5, 5.41) is 3.17. The van der Waals surface area contributed by atoms with Gasteiger partial charge < -0.3 is 9.88 Å². The Bertz CT molecular complexity index is 619. The Morgan fingerprint density at radius 1 is 1.28 bits per heavy atom. The van der Waals surface area contributed by atoms with Gasteiger partial charge in [-0.25, -0.2) is 4.39 Å². The summed E-state index contributed by atoms with van der Waals surface area (Å²) in [5.41, 5.74) is 2.72. The van der Waals surface area contributed by atoms with Crippen molar-refractivity contribution in [2.45, 2.75) is 13.5 Å². The molecule has 0 aliphatic rings. The van der Waals surface area contributed by atoms with Crippen LogP contribution in [-0.2, 0) is 13.6 Å². The smallest absolute Gasteiger partial charge is 0.250 e. The van der Waals surface area contributed by atoms with Gasteiger partial charge in [-0.2, -0.15) is 0 Å². The van der Waals surface area contributed by atoms with Gasteiger partial charge in [0.25, 0.3) is 0 Å². The summed E-state index contributed by atoms with van der Waals surface area (Å²) in [4.78, 5) is 11.2. The molecule has 0 spiro atoms. The van der Waals surface area contributed by atoms with Crippen LogP contribution in [0.4, 0.5) is 10.1 Å². The number of aryl methyl sites for hydroxylation is 2. The minimum absolute atomic E-state index is 0.0533. The lowest BCUT2D eigenvalue weighted by Crippen LogP contribution is -2.15. The van der Waals surface area contributed by atoms with Gasteiger partial charge in [-0.3, -0.25) is 4.79 Å². The van der Waals surface area contributed by atoms with Crippen LogP contribution in [0.25, 0.3) is 0 Å². The minimum Gasteiger partial charge on any atom is -0.380 e. The second-order valence-corrected chi connectivity index (χ2v) is 4.29. The van der Waals surface area contributed by atoms with Crippen molar-refractivity contribution in [1.29, 1.82) is 0 Å². The van der Waals surface area contributed by atoms with E-state index in [0.717, 1.165) is 16.8 Å². The van der Waals surface area contributed by atoms with Crippen LogP contribution in [0.5, 0.6) is 0 Å². The first-order valence-corrected chi connectivity index (χ1v) is 5.72. The van der Waals surface area contributed by atoms with Crippen LogP contribution in [0.15, 0.2) is 41.3 Å². The molecule has 94 valence electrons. The molecule has 0 amide bonds. The molecule has 0 saturated heterocycles. The van der Waals surface area contributed by atoms with E-state index in [0.29, 0.717) is 6.54 Å². The molecule has 4 heteroatoms. The summed E-state index contributed by atoms with van der Waals surface area (Å²) < 4.78 is 14.6. The SMILES string of the molecule is Cc1ccc(F)cc1CNc1ccc(=O)n(C)c1. The zero-order valence-corrected chi connectivity index (χ0v) is 10.4. The summed E-state index contributed by atoms with van der Waals surface area (Å²) >= 11 is 0. The molecule has 1 aromatic carbocycles. The highest BCUT2D eigenvalue weighted by Crippen LogP contribution is 2.12. The van der Waals surface area contributed by atoms with E-state index >= 15 is 0 Å². The van der Waals surface area contributed by atoms with E-state index in [-0.39, 0.29) is 11.4 Å². The molecule has 1 aromatic heterocycles. The topological polar surface area (TPSA) is 34.0 Å². The van der Waals surface area contributed by atoms with Gasteiger partial charge in [0.05, 0.1) is 5.69 Å². The number of benzene rings is 1. The third-order valence-corrected chi connectivity index (χ3v) is 2.88. The molecular weight excluding hydrogens is 231 g/mol. The van der Waals surface area contributed by atoms with Gasteiger partial charge in [-0.15, -0.1) is 0 Å². The summed E-state index contributed by atoms with van der Waals surface area (Å²) in [5.74, 6) is -0.238. The summed E-state index contributed by atoms with van der Waals surface area (Å²) in [6.45, 7) is 2.47. The Labute approximate surface area is 105 Å². The number of pyridine rings is 1. The predicted molar refractivity (Wildman–Crippen MR) is 70.1 cm³/mol. The van der Waals surface area contributed by atoms with Crippen LogP contribution in [-0.4, -0.2) is 4.57 Å². The molecule has 0 saturated carbocycles. The Hall–Kier alpha value is -2.10. The first-order valence-electron chi connectivity index (χ1n) is 5.72. The van der Waals surface area contributed by atoms with Crippen molar-refractivity contribution < 1.29 is 4.39 Å².